The minimum absolute atomic E-state index is 0.162. The third-order valence-corrected chi connectivity index (χ3v) is 4.28. The molecule has 1 aliphatic rings. The highest BCUT2D eigenvalue weighted by Crippen LogP contribution is 2.30. The molecule has 0 unspecified atom stereocenters. The number of anilines is 1. The standard InChI is InChI=1S/C17H23N3O2/c1-21-16-6-3-2-5-14(16)19-8-10-20(11-9-19)15(13-18)17-7-4-12-22-17/h2-7,12,15H,8-11,13,18H2,1H3/t15-/m1/s1. The lowest BCUT2D eigenvalue weighted by Crippen LogP contribution is -2.49. The van der Waals surface area contributed by atoms with Gasteiger partial charge in [0.1, 0.15) is 11.5 Å². The molecule has 1 atom stereocenters. The van der Waals surface area contributed by atoms with Crippen molar-refractivity contribution in [2.45, 2.75) is 6.04 Å². The molecule has 0 amide bonds. The van der Waals surface area contributed by atoms with Gasteiger partial charge in [-0.05, 0) is 24.3 Å². The number of furan rings is 1. The Hall–Kier alpha value is -1.98. The number of hydrogen-bond acceptors (Lipinski definition) is 5. The number of piperazine rings is 1. The van der Waals surface area contributed by atoms with E-state index in [2.05, 4.69) is 21.9 Å². The monoisotopic (exact) mass is 301 g/mol. The maximum absolute atomic E-state index is 5.95. The molecule has 1 saturated heterocycles. The summed E-state index contributed by atoms with van der Waals surface area (Å²) in [5.74, 6) is 1.88. The number of benzene rings is 1. The number of para-hydroxylation sites is 2. The molecule has 2 N–H and O–H groups in total. The molecular weight excluding hydrogens is 278 g/mol. The zero-order chi connectivity index (χ0) is 15.4. The Balaban J connectivity index is 1.67. The topological polar surface area (TPSA) is 54.9 Å². The largest absolute Gasteiger partial charge is 0.495 e. The quantitative estimate of drug-likeness (QED) is 0.916. The predicted octanol–water partition coefficient (Wildman–Crippen LogP) is 2.11. The van der Waals surface area contributed by atoms with Gasteiger partial charge in [-0.3, -0.25) is 4.90 Å². The Morgan fingerprint density at radius 1 is 1.14 bits per heavy atom. The molecule has 3 rings (SSSR count). The Morgan fingerprint density at radius 2 is 1.91 bits per heavy atom. The molecule has 0 aliphatic carbocycles. The predicted molar refractivity (Wildman–Crippen MR) is 87.3 cm³/mol. The number of ether oxygens (including phenoxy) is 1. The second-order valence-electron chi connectivity index (χ2n) is 5.46. The zero-order valence-corrected chi connectivity index (χ0v) is 12.9. The molecule has 0 saturated carbocycles. The van der Waals surface area contributed by atoms with Crippen molar-refractivity contribution in [2.24, 2.45) is 5.73 Å². The van der Waals surface area contributed by atoms with Gasteiger partial charge < -0.3 is 19.8 Å². The van der Waals surface area contributed by atoms with Crippen molar-refractivity contribution < 1.29 is 9.15 Å². The molecule has 118 valence electrons. The van der Waals surface area contributed by atoms with Crippen LogP contribution in [0.3, 0.4) is 0 Å². The molecule has 1 aliphatic heterocycles. The lowest BCUT2D eigenvalue weighted by atomic mass is 10.1. The second kappa shape index (κ2) is 6.85. The molecule has 1 fully saturated rings. The minimum atomic E-state index is 0.162. The van der Waals surface area contributed by atoms with Crippen LogP contribution in [0, 0.1) is 0 Å². The summed E-state index contributed by atoms with van der Waals surface area (Å²) in [6.07, 6.45) is 1.71. The van der Waals surface area contributed by atoms with E-state index in [1.807, 2.05) is 24.3 Å². The van der Waals surface area contributed by atoms with Gasteiger partial charge >= 0.3 is 0 Å². The van der Waals surface area contributed by atoms with Crippen molar-refractivity contribution in [3.63, 3.8) is 0 Å². The van der Waals surface area contributed by atoms with Crippen LogP contribution < -0.4 is 15.4 Å². The molecule has 2 heterocycles. The maximum Gasteiger partial charge on any atom is 0.142 e. The highest BCUT2D eigenvalue weighted by molar-refractivity contribution is 5.58. The van der Waals surface area contributed by atoms with E-state index in [0.29, 0.717) is 6.54 Å². The van der Waals surface area contributed by atoms with Crippen LogP contribution >= 0.6 is 0 Å². The van der Waals surface area contributed by atoms with Crippen LogP contribution in [0.15, 0.2) is 47.1 Å². The van der Waals surface area contributed by atoms with Crippen molar-refractivity contribution in [3.05, 3.63) is 48.4 Å². The third-order valence-electron chi connectivity index (χ3n) is 4.28. The lowest BCUT2D eigenvalue weighted by Gasteiger charge is -2.39. The number of nitrogens with zero attached hydrogens (tertiary/aromatic N) is 2. The molecule has 5 nitrogen and oxygen atoms in total. The summed E-state index contributed by atoms with van der Waals surface area (Å²) in [4.78, 5) is 4.76. The Morgan fingerprint density at radius 3 is 2.55 bits per heavy atom. The summed E-state index contributed by atoms with van der Waals surface area (Å²) < 4.78 is 11.0. The van der Waals surface area contributed by atoms with Crippen molar-refractivity contribution in [2.75, 3.05) is 44.7 Å². The van der Waals surface area contributed by atoms with E-state index in [0.717, 1.165) is 43.4 Å². The molecule has 0 spiro atoms. The van der Waals surface area contributed by atoms with E-state index in [1.165, 1.54) is 0 Å². The van der Waals surface area contributed by atoms with Gasteiger partial charge in [-0.1, -0.05) is 12.1 Å². The first-order valence-electron chi connectivity index (χ1n) is 7.69. The van der Waals surface area contributed by atoms with Gasteiger partial charge in [0.25, 0.3) is 0 Å². The number of rotatable bonds is 5. The van der Waals surface area contributed by atoms with Crippen LogP contribution in [0.1, 0.15) is 11.8 Å². The first kappa shape index (κ1) is 14.9. The van der Waals surface area contributed by atoms with E-state index >= 15 is 0 Å². The smallest absolute Gasteiger partial charge is 0.142 e. The normalized spacial score (nSPS) is 17.5. The summed E-state index contributed by atoms with van der Waals surface area (Å²) in [6, 6.07) is 12.3. The van der Waals surface area contributed by atoms with E-state index in [1.54, 1.807) is 13.4 Å². The van der Waals surface area contributed by atoms with Gasteiger partial charge in [0.05, 0.1) is 25.1 Å². The lowest BCUT2D eigenvalue weighted by molar-refractivity contribution is 0.169. The van der Waals surface area contributed by atoms with Gasteiger partial charge in [0, 0.05) is 32.7 Å². The van der Waals surface area contributed by atoms with Crippen molar-refractivity contribution in [1.82, 2.24) is 4.90 Å². The maximum atomic E-state index is 5.95. The average molecular weight is 301 g/mol. The van der Waals surface area contributed by atoms with Crippen molar-refractivity contribution in [1.29, 1.82) is 0 Å². The molecule has 1 aromatic heterocycles. The molecular formula is C17H23N3O2. The summed E-state index contributed by atoms with van der Waals surface area (Å²) >= 11 is 0. The molecule has 5 heteroatoms. The first-order valence-corrected chi connectivity index (χ1v) is 7.69. The summed E-state index contributed by atoms with van der Waals surface area (Å²) in [5.41, 5.74) is 7.11. The zero-order valence-electron chi connectivity index (χ0n) is 12.9. The Bertz CT molecular complexity index is 577. The van der Waals surface area contributed by atoms with Crippen LogP contribution in [-0.2, 0) is 0 Å². The Labute approximate surface area is 131 Å². The summed E-state index contributed by atoms with van der Waals surface area (Å²) in [7, 11) is 1.72. The summed E-state index contributed by atoms with van der Waals surface area (Å²) in [5, 5.41) is 0. The van der Waals surface area contributed by atoms with Gasteiger partial charge in [0.2, 0.25) is 0 Å². The van der Waals surface area contributed by atoms with Gasteiger partial charge in [-0.25, -0.2) is 0 Å². The molecule has 0 radical (unpaired) electrons. The van der Waals surface area contributed by atoms with Gasteiger partial charge in [-0.15, -0.1) is 0 Å². The van der Waals surface area contributed by atoms with Crippen LogP contribution in [-0.4, -0.2) is 44.7 Å². The Kier molecular flexibility index (Phi) is 4.65. The summed E-state index contributed by atoms with van der Waals surface area (Å²) in [6.45, 7) is 4.40. The molecule has 1 aromatic carbocycles. The fourth-order valence-corrected chi connectivity index (χ4v) is 3.09. The van der Waals surface area contributed by atoms with E-state index in [4.69, 9.17) is 14.9 Å². The molecule has 22 heavy (non-hydrogen) atoms. The van der Waals surface area contributed by atoms with Crippen LogP contribution in [0.4, 0.5) is 5.69 Å². The van der Waals surface area contributed by atoms with Crippen LogP contribution in [0.2, 0.25) is 0 Å². The van der Waals surface area contributed by atoms with Gasteiger partial charge in [0.15, 0.2) is 0 Å². The average Bonchev–Trinajstić information content (AvgIpc) is 3.10. The van der Waals surface area contributed by atoms with Crippen molar-refractivity contribution >= 4 is 5.69 Å². The molecule has 2 aromatic rings. The van der Waals surface area contributed by atoms with Crippen LogP contribution in [0.25, 0.3) is 0 Å². The first-order chi connectivity index (χ1) is 10.8. The van der Waals surface area contributed by atoms with E-state index in [9.17, 15) is 0 Å². The van der Waals surface area contributed by atoms with E-state index < -0.39 is 0 Å². The SMILES string of the molecule is COc1ccccc1N1CCN([C@H](CN)c2ccco2)CC1. The number of nitrogens with two attached hydrogens (primary N) is 1. The minimum Gasteiger partial charge on any atom is -0.495 e. The third kappa shape index (κ3) is 2.96. The second-order valence-corrected chi connectivity index (χ2v) is 5.46. The fraction of sp³-hybridized carbons (Fsp3) is 0.412. The highest BCUT2D eigenvalue weighted by Gasteiger charge is 2.26. The molecule has 0 bridgehead atoms. The van der Waals surface area contributed by atoms with Gasteiger partial charge in [-0.2, -0.15) is 0 Å². The fourth-order valence-electron chi connectivity index (χ4n) is 3.09. The number of hydrogen-bond donors (Lipinski definition) is 1. The van der Waals surface area contributed by atoms with Crippen LogP contribution in [0.5, 0.6) is 5.75 Å². The highest BCUT2D eigenvalue weighted by atomic mass is 16.5. The van der Waals surface area contributed by atoms with Crippen molar-refractivity contribution in [3.8, 4) is 5.75 Å². The van der Waals surface area contributed by atoms with E-state index in [-0.39, 0.29) is 6.04 Å². The number of methoxy groups -OCH3 is 1.